The van der Waals surface area contributed by atoms with Crippen molar-refractivity contribution in [1.82, 2.24) is 4.90 Å². The Morgan fingerprint density at radius 2 is 1.96 bits per heavy atom. The minimum Gasteiger partial charge on any atom is -0.465 e. The molecule has 1 aromatic carbocycles. The smallest absolute Gasteiger partial charge is 0.323 e. The molecule has 4 heteroatoms. The first kappa shape index (κ1) is 16.9. The average molecular weight is 327 g/mol. The van der Waals surface area contributed by atoms with E-state index in [0.29, 0.717) is 13.2 Å². The maximum absolute atomic E-state index is 12.8. The number of esters is 1. The molecule has 2 aliphatic rings. The van der Waals surface area contributed by atoms with E-state index in [9.17, 15) is 9.59 Å². The van der Waals surface area contributed by atoms with Crippen molar-refractivity contribution in [1.29, 1.82) is 0 Å². The van der Waals surface area contributed by atoms with Gasteiger partial charge in [-0.3, -0.25) is 14.5 Å². The van der Waals surface area contributed by atoms with E-state index in [-0.39, 0.29) is 35.5 Å². The summed E-state index contributed by atoms with van der Waals surface area (Å²) in [4.78, 5) is 27.2. The van der Waals surface area contributed by atoms with Crippen LogP contribution >= 0.6 is 0 Å². The van der Waals surface area contributed by atoms with Crippen LogP contribution in [-0.4, -0.2) is 42.4 Å². The Hall–Kier alpha value is -1.94. The molecule has 0 radical (unpaired) electrons. The highest BCUT2D eigenvalue weighted by Crippen LogP contribution is 2.39. The first-order valence-electron chi connectivity index (χ1n) is 8.75. The molecule has 3 rings (SSSR count). The zero-order chi connectivity index (χ0) is 17.3. The summed E-state index contributed by atoms with van der Waals surface area (Å²) >= 11 is 0. The van der Waals surface area contributed by atoms with Gasteiger partial charge in [-0.05, 0) is 18.4 Å². The third-order valence-electron chi connectivity index (χ3n) is 5.01. The standard InChI is InChI=1S/C20H25NO3/c1-4-24-20(23)18(13(2)3)21-11-15-10-16(19(22)17(15)12-21)14-8-6-5-7-9-14/h5-10,13,15,17-18H,4,11-12H2,1-3H3/t15-,17+,18?/m0/s1. The van der Waals surface area contributed by atoms with E-state index >= 15 is 0 Å². The average Bonchev–Trinajstić information content (AvgIpc) is 3.08. The van der Waals surface area contributed by atoms with Crippen molar-refractivity contribution in [2.45, 2.75) is 26.8 Å². The monoisotopic (exact) mass is 327 g/mol. The van der Waals surface area contributed by atoms with Crippen molar-refractivity contribution in [2.75, 3.05) is 19.7 Å². The van der Waals surface area contributed by atoms with Crippen LogP contribution in [0.2, 0.25) is 0 Å². The zero-order valence-corrected chi connectivity index (χ0v) is 14.6. The lowest BCUT2D eigenvalue weighted by molar-refractivity contribution is -0.151. The van der Waals surface area contributed by atoms with Crippen LogP contribution in [0.1, 0.15) is 26.3 Å². The number of ketones is 1. The van der Waals surface area contributed by atoms with Gasteiger partial charge in [-0.1, -0.05) is 50.3 Å². The Morgan fingerprint density at radius 3 is 2.54 bits per heavy atom. The van der Waals surface area contributed by atoms with E-state index in [4.69, 9.17) is 4.74 Å². The maximum atomic E-state index is 12.8. The number of hydrogen-bond donors (Lipinski definition) is 0. The highest BCUT2D eigenvalue weighted by atomic mass is 16.5. The van der Waals surface area contributed by atoms with Crippen molar-refractivity contribution in [3.8, 4) is 0 Å². The molecule has 128 valence electrons. The van der Waals surface area contributed by atoms with Crippen LogP contribution in [0.5, 0.6) is 0 Å². The molecule has 1 heterocycles. The second-order valence-corrected chi connectivity index (χ2v) is 6.98. The third kappa shape index (κ3) is 3.03. The molecule has 0 amide bonds. The number of benzene rings is 1. The van der Waals surface area contributed by atoms with Crippen molar-refractivity contribution >= 4 is 17.3 Å². The Bertz CT molecular complexity index is 650. The summed E-state index contributed by atoms with van der Waals surface area (Å²) < 4.78 is 5.24. The van der Waals surface area contributed by atoms with Crippen molar-refractivity contribution in [2.24, 2.45) is 17.8 Å². The summed E-state index contributed by atoms with van der Waals surface area (Å²) in [6, 6.07) is 9.57. The van der Waals surface area contributed by atoms with Crippen LogP contribution in [0, 0.1) is 17.8 Å². The van der Waals surface area contributed by atoms with Gasteiger partial charge in [-0.25, -0.2) is 0 Å². The molecule has 0 spiro atoms. The van der Waals surface area contributed by atoms with Crippen LogP contribution < -0.4 is 0 Å². The van der Waals surface area contributed by atoms with Crippen molar-refractivity contribution < 1.29 is 14.3 Å². The summed E-state index contributed by atoms with van der Waals surface area (Å²) in [5.74, 6) is 0.363. The number of nitrogens with zero attached hydrogens (tertiary/aromatic N) is 1. The number of rotatable bonds is 5. The largest absolute Gasteiger partial charge is 0.465 e. The molecule has 1 aromatic rings. The van der Waals surface area contributed by atoms with E-state index in [0.717, 1.165) is 17.7 Å². The van der Waals surface area contributed by atoms with Gasteiger partial charge in [0.25, 0.3) is 0 Å². The molecule has 0 bridgehead atoms. The summed E-state index contributed by atoms with van der Waals surface area (Å²) in [5, 5.41) is 0. The van der Waals surface area contributed by atoms with Gasteiger partial charge in [-0.15, -0.1) is 0 Å². The Kier molecular flexibility index (Phi) is 4.86. The molecule has 1 unspecified atom stereocenters. The number of likely N-dealkylation sites (tertiary alicyclic amines) is 1. The molecule has 0 N–H and O–H groups in total. The van der Waals surface area contributed by atoms with Crippen LogP contribution in [0.25, 0.3) is 5.57 Å². The SMILES string of the molecule is CCOC(=O)C(C(C)C)N1C[C@@H]2C=C(c3ccccc3)C(=O)[C@@H]2C1. The Morgan fingerprint density at radius 1 is 1.25 bits per heavy atom. The summed E-state index contributed by atoms with van der Waals surface area (Å²) in [6.07, 6.45) is 2.10. The highest BCUT2D eigenvalue weighted by molar-refractivity contribution is 6.24. The van der Waals surface area contributed by atoms with Gasteiger partial charge in [0.05, 0.1) is 6.61 Å². The van der Waals surface area contributed by atoms with Gasteiger partial charge in [0.1, 0.15) is 6.04 Å². The maximum Gasteiger partial charge on any atom is 0.323 e. The van der Waals surface area contributed by atoms with Crippen LogP contribution in [0.4, 0.5) is 0 Å². The summed E-state index contributed by atoms with van der Waals surface area (Å²) in [7, 11) is 0. The number of carbonyl (C=O) groups is 2. The third-order valence-corrected chi connectivity index (χ3v) is 5.01. The predicted octanol–water partition coefficient (Wildman–Crippen LogP) is 2.79. The fraction of sp³-hybridized carbons (Fsp3) is 0.500. The van der Waals surface area contributed by atoms with E-state index in [1.807, 2.05) is 51.1 Å². The molecule has 1 aliphatic carbocycles. The van der Waals surface area contributed by atoms with Gasteiger partial charge in [0, 0.05) is 30.5 Å². The first-order valence-corrected chi connectivity index (χ1v) is 8.75. The second kappa shape index (κ2) is 6.89. The molecule has 0 aromatic heterocycles. The molecule has 24 heavy (non-hydrogen) atoms. The van der Waals surface area contributed by atoms with E-state index in [1.165, 1.54) is 0 Å². The first-order chi connectivity index (χ1) is 11.5. The lowest BCUT2D eigenvalue weighted by Gasteiger charge is -2.29. The topological polar surface area (TPSA) is 46.6 Å². The van der Waals surface area contributed by atoms with Crippen LogP contribution in [0.3, 0.4) is 0 Å². The van der Waals surface area contributed by atoms with E-state index in [1.54, 1.807) is 0 Å². The van der Waals surface area contributed by atoms with E-state index < -0.39 is 0 Å². The molecule has 1 aliphatic heterocycles. The molecule has 0 saturated carbocycles. The van der Waals surface area contributed by atoms with Gasteiger partial charge in [0.15, 0.2) is 5.78 Å². The Balaban J connectivity index is 1.78. The number of fused-ring (bicyclic) bond motifs is 1. The molecule has 1 saturated heterocycles. The summed E-state index contributed by atoms with van der Waals surface area (Å²) in [5.41, 5.74) is 1.83. The van der Waals surface area contributed by atoms with Crippen LogP contribution in [0.15, 0.2) is 36.4 Å². The lowest BCUT2D eigenvalue weighted by atomic mass is 9.97. The van der Waals surface area contributed by atoms with Gasteiger partial charge in [0.2, 0.25) is 0 Å². The molecule has 3 atom stereocenters. The number of hydrogen-bond acceptors (Lipinski definition) is 4. The zero-order valence-electron chi connectivity index (χ0n) is 14.6. The molecular formula is C20H25NO3. The predicted molar refractivity (Wildman–Crippen MR) is 93.2 cm³/mol. The molecule has 1 fully saturated rings. The number of carbonyl (C=O) groups excluding carboxylic acids is 2. The fourth-order valence-corrected chi connectivity index (χ4v) is 3.96. The second-order valence-electron chi connectivity index (χ2n) is 6.98. The van der Waals surface area contributed by atoms with Gasteiger partial charge >= 0.3 is 5.97 Å². The fourth-order valence-electron chi connectivity index (χ4n) is 3.96. The highest BCUT2D eigenvalue weighted by Gasteiger charge is 2.46. The molecule has 4 nitrogen and oxygen atoms in total. The quantitative estimate of drug-likeness (QED) is 0.780. The number of ether oxygens (including phenoxy) is 1. The molecular weight excluding hydrogens is 302 g/mol. The minimum atomic E-state index is -0.267. The number of allylic oxidation sites excluding steroid dienone is 1. The van der Waals surface area contributed by atoms with Gasteiger partial charge < -0.3 is 4.74 Å². The van der Waals surface area contributed by atoms with Gasteiger partial charge in [-0.2, -0.15) is 0 Å². The Labute approximate surface area is 143 Å². The lowest BCUT2D eigenvalue weighted by Crippen LogP contribution is -2.45. The van der Waals surface area contributed by atoms with Crippen LogP contribution in [-0.2, 0) is 14.3 Å². The van der Waals surface area contributed by atoms with Crippen molar-refractivity contribution in [3.63, 3.8) is 0 Å². The normalized spacial score (nSPS) is 24.8. The number of Topliss-reactive ketones (excluding diaryl/α,β-unsaturated/α-hetero) is 1. The van der Waals surface area contributed by atoms with Crippen molar-refractivity contribution in [3.05, 3.63) is 42.0 Å². The minimum absolute atomic E-state index is 0.0316. The summed E-state index contributed by atoms with van der Waals surface area (Å²) in [6.45, 7) is 7.66. The van der Waals surface area contributed by atoms with E-state index in [2.05, 4.69) is 11.0 Å².